The van der Waals surface area contributed by atoms with Crippen molar-refractivity contribution in [1.29, 1.82) is 0 Å². The Morgan fingerprint density at radius 3 is 2.00 bits per heavy atom. The van der Waals surface area contributed by atoms with E-state index in [1.54, 1.807) is 13.3 Å². The fourth-order valence-corrected chi connectivity index (χ4v) is 2.27. The summed E-state index contributed by atoms with van der Waals surface area (Å²) in [4.78, 5) is 13.3. The first kappa shape index (κ1) is 14.9. The number of aryl methyl sites for hydroxylation is 1. The highest BCUT2D eigenvalue weighted by molar-refractivity contribution is 6.13. The number of aliphatic imine (C=N–C) groups is 1. The van der Waals surface area contributed by atoms with Crippen molar-refractivity contribution >= 4 is 11.7 Å². The molecule has 0 atom stereocenters. The maximum Gasteiger partial charge on any atom is 0.253 e. The number of nitrogens with zero attached hydrogens (tertiary/aromatic N) is 3. The zero-order valence-electron chi connectivity index (χ0n) is 13.1. The third kappa shape index (κ3) is 3.43. The second kappa shape index (κ2) is 6.83. The molecule has 1 aromatic heterocycles. The van der Waals surface area contributed by atoms with Crippen molar-refractivity contribution < 1.29 is 4.74 Å². The van der Waals surface area contributed by atoms with Crippen LogP contribution in [0.1, 0.15) is 16.7 Å². The molecular weight excluding hydrogens is 286 g/mol. The van der Waals surface area contributed by atoms with Crippen molar-refractivity contribution in [2.24, 2.45) is 4.99 Å². The third-order valence-electron chi connectivity index (χ3n) is 3.41. The molecule has 0 unspecified atom stereocenters. The predicted molar refractivity (Wildman–Crippen MR) is 91.5 cm³/mol. The smallest absolute Gasteiger partial charge is 0.253 e. The van der Waals surface area contributed by atoms with Gasteiger partial charge in [0.05, 0.1) is 12.8 Å². The zero-order valence-corrected chi connectivity index (χ0v) is 13.1. The summed E-state index contributed by atoms with van der Waals surface area (Å²) in [6.07, 6.45) is 1.72. The van der Waals surface area contributed by atoms with E-state index in [-0.39, 0.29) is 0 Å². The molecule has 4 heteroatoms. The summed E-state index contributed by atoms with van der Waals surface area (Å²) in [5, 5.41) is 0. The number of rotatable bonds is 4. The number of benzene rings is 2. The third-order valence-corrected chi connectivity index (χ3v) is 3.41. The normalized spacial score (nSPS) is 10.2. The van der Waals surface area contributed by atoms with Gasteiger partial charge in [-0.1, -0.05) is 60.7 Å². The van der Waals surface area contributed by atoms with E-state index in [9.17, 15) is 0 Å². The van der Waals surface area contributed by atoms with Crippen LogP contribution in [0.3, 0.4) is 0 Å². The van der Waals surface area contributed by atoms with Gasteiger partial charge in [-0.05, 0) is 6.92 Å². The molecule has 0 saturated carbocycles. The first-order chi connectivity index (χ1) is 11.3. The molecule has 3 aromatic rings. The van der Waals surface area contributed by atoms with E-state index < -0.39 is 0 Å². The summed E-state index contributed by atoms with van der Waals surface area (Å²) < 4.78 is 5.26. The summed E-state index contributed by atoms with van der Waals surface area (Å²) >= 11 is 0. The molecule has 23 heavy (non-hydrogen) atoms. The highest BCUT2D eigenvalue weighted by Crippen LogP contribution is 2.19. The molecule has 0 aliphatic heterocycles. The van der Waals surface area contributed by atoms with Gasteiger partial charge in [-0.3, -0.25) is 0 Å². The summed E-state index contributed by atoms with van der Waals surface area (Å²) in [6.45, 7) is 1.90. The first-order valence-electron chi connectivity index (χ1n) is 7.35. The van der Waals surface area contributed by atoms with E-state index in [2.05, 4.69) is 15.0 Å². The Kier molecular flexibility index (Phi) is 4.43. The Labute approximate surface area is 135 Å². The highest BCUT2D eigenvalue weighted by Gasteiger charge is 2.09. The molecule has 0 spiro atoms. The lowest BCUT2D eigenvalue weighted by Crippen LogP contribution is -2.03. The van der Waals surface area contributed by atoms with E-state index in [1.807, 2.05) is 67.6 Å². The minimum absolute atomic E-state index is 0.384. The van der Waals surface area contributed by atoms with Gasteiger partial charge in [0.15, 0.2) is 0 Å². The van der Waals surface area contributed by atoms with Crippen LogP contribution in [0.2, 0.25) is 0 Å². The van der Waals surface area contributed by atoms with Gasteiger partial charge in [0.25, 0.3) is 5.95 Å². The van der Waals surface area contributed by atoms with Crippen LogP contribution in [-0.2, 0) is 0 Å². The molecule has 0 aliphatic carbocycles. The van der Waals surface area contributed by atoms with Crippen molar-refractivity contribution in [3.8, 4) is 5.88 Å². The molecular formula is C19H17N3O. The lowest BCUT2D eigenvalue weighted by Gasteiger charge is -2.08. The molecule has 0 saturated heterocycles. The first-order valence-corrected chi connectivity index (χ1v) is 7.35. The van der Waals surface area contributed by atoms with E-state index in [4.69, 9.17) is 4.74 Å². The van der Waals surface area contributed by atoms with Gasteiger partial charge < -0.3 is 4.74 Å². The number of methoxy groups -OCH3 is 1. The van der Waals surface area contributed by atoms with Gasteiger partial charge in [-0.2, -0.15) is 4.98 Å². The SMILES string of the molecule is COc1nc(N=C(c2ccccc2)c2ccccc2)ncc1C. The van der Waals surface area contributed by atoms with Crippen LogP contribution in [0, 0.1) is 6.92 Å². The average Bonchev–Trinajstić information content (AvgIpc) is 2.62. The van der Waals surface area contributed by atoms with Gasteiger partial charge in [0.1, 0.15) is 0 Å². The molecule has 0 fully saturated rings. The van der Waals surface area contributed by atoms with Gasteiger partial charge in [0.2, 0.25) is 5.88 Å². The topological polar surface area (TPSA) is 47.4 Å². The van der Waals surface area contributed by atoms with Crippen LogP contribution in [0.4, 0.5) is 5.95 Å². The average molecular weight is 303 g/mol. The van der Waals surface area contributed by atoms with Crippen molar-refractivity contribution in [2.45, 2.75) is 6.92 Å². The van der Waals surface area contributed by atoms with Crippen molar-refractivity contribution in [1.82, 2.24) is 9.97 Å². The molecule has 0 aliphatic rings. The number of hydrogen-bond acceptors (Lipinski definition) is 4. The van der Waals surface area contributed by atoms with E-state index >= 15 is 0 Å². The Bertz CT molecular complexity index is 773. The summed E-state index contributed by atoms with van der Waals surface area (Å²) in [7, 11) is 1.60. The minimum Gasteiger partial charge on any atom is -0.481 e. The van der Waals surface area contributed by atoms with Gasteiger partial charge in [-0.15, -0.1) is 0 Å². The Hall–Kier alpha value is -3.01. The number of ether oxygens (including phenoxy) is 1. The summed E-state index contributed by atoms with van der Waals surface area (Å²) in [5.41, 5.74) is 3.74. The van der Waals surface area contributed by atoms with Crippen molar-refractivity contribution in [2.75, 3.05) is 7.11 Å². The standard InChI is InChI=1S/C19H17N3O/c1-14-13-20-19(22-18(14)23-2)21-17(15-9-5-3-6-10-15)16-11-7-4-8-12-16/h3-13H,1-2H3. The number of hydrogen-bond donors (Lipinski definition) is 0. The molecule has 114 valence electrons. The zero-order chi connectivity index (χ0) is 16.1. The lowest BCUT2D eigenvalue weighted by atomic mass is 10.0. The van der Waals surface area contributed by atoms with Crippen LogP contribution in [-0.4, -0.2) is 22.8 Å². The maximum atomic E-state index is 5.26. The quantitative estimate of drug-likeness (QED) is 0.685. The van der Waals surface area contributed by atoms with Crippen LogP contribution in [0.15, 0.2) is 71.9 Å². The van der Waals surface area contributed by atoms with E-state index in [0.717, 1.165) is 22.4 Å². The van der Waals surface area contributed by atoms with E-state index in [1.165, 1.54) is 0 Å². The van der Waals surface area contributed by atoms with Crippen molar-refractivity contribution in [3.63, 3.8) is 0 Å². The van der Waals surface area contributed by atoms with Crippen molar-refractivity contribution in [3.05, 3.63) is 83.6 Å². The second-order valence-corrected chi connectivity index (χ2v) is 5.05. The van der Waals surface area contributed by atoms with Crippen LogP contribution in [0.5, 0.6) is 5.88 Å². The van der Waals surface area contributed by atoms with Crippen LogP contribution >= 0.6 is 0 Å². The van der Waals surface area contributed by atoms with Gasteiger partial charge in [0, 0.05) is 22.9 Å². The van der Waals surface area contributed by atoms with E-state index in [0.29, 0.717) is 11.8 Å². The van der Waals surface area contributed by atoms with Gasteiger partial charge >= 0.3 is 0 Å². The Morgan fingerprint density at radius 2 is 1.48 bits per heavy atom. The molecule has 3 rings (SSSR count). The predicted octanol–water partition coefficient (Wildman–Crippen LogP) is 3.96. The second-order valence-electron chi connectivity index (χ2n) is 5.05. The molecule has 0 N–H and O–H groups in total. The Morgan fingerprint density at radius 1 is 0.913 bits per heavy atom. The lowest BCUT2D eigenvalue weighted by molar-refractivity contribution is 0.394. The minimum atomic E-state index is 0.384. The molecule has 0 radical (unpaired) electrons. The summed E-state index contributed by atoms with van der Waals surface area (Å²) in [5.74, 6) is 0.925. The monoisotopic (exact) mass is 303 g/mol. The number of aromatic nitrogens is 2. The maximum absolute atomic E-state index is 5.26. The molecule has 0 amide bonds. The molecule has 2 aromatic carbocycles. The largest absolute Gasteiger partial charge is 0.481 e. The molecule has 0 bridgehead atoms. The molecule has 1 heterocycles. The summed E-state index contributed by atoms with van der Waals surface area (Å²) in [6, 6.07) is 20.0. The molecule has 4 nitrogen and oxygen atoms in total. The van der Waals surface area contributed by atoms with Gasteiger partial charge in [-0.25, -0.2) is 9.98 Å². The van der Waals surface area contributed by atoms with Crippen LogP contribution < -0.4 is 4.74 Å². The highest BCUT2D eigenvalue weighted by atomic mass is 16.5. The van der Waals surface area contributed by atoms with Crippen LogP contribution in [0.25, 0.3) is 0 Å². The Balaban J connectivity index is 2.12. The fraction of sp³-hybridized carbons (Fsp3) is 0.105. The fourth-order valence-electron chi connectivity index (χ4n) is 2.27.